The molecule has 0 atom stereocenters. The second kappa shape index (κ2) is 61.4. The number of aryl methyl sites for hydroxylation is 1. The van der Waals surface area contributed by atoms with Gasteiger partial charge in [0.1, 0.15) is 17.2 Å². The predicted molar refractivity (Wildman–Crippen MR) is 461 cm³/mol. The standard InChI is InChI=1S/C22H15N2.C13H9F3N.2C11H6F2N.C11H8N.C8H4F3N4.2C6H5NO2.2C5H8O2.5Ir/c1-4-10-17(11-5-1)20-16-23-21(18-12-6-2-7-13-18)22(24-20)19-14-8-3-9-15-19;1-9-6-10(12-4-2-3-5-17-12)8-11(7-9)13(14,15)16;2*12-8-4-5-9(10(13)7-8)11-3-1-2-6-14-11;1-2-6-10(7-3-1)11-8-4-5-9-12-11;9-8(10,11)7-13-6(14-15-7)5-3-1-2-4-12-5;2*8-6(9)5-3-1-2-4-7-5;2*1-4(6)3-5(2)7;;;;;/h1-12,14-16H;2-7H,1H3;2*1-4,6-7H;1-6,8-9H;1-4H;2*1-4H,(H,8,9);2*3,6H,1-2H3;;;;;/q6*-1;;;;;;;;;. The van der Waals surface area contributed by atoms with Gasteiger partial charge in [0.2, 0.25) is 0 Å². The van der Waals surface area contributed by atoms with Gasteiger partial charge in [0.05, 0.1) is 28.6 Å². The van der Waals surface area contributed by atoms with Gasteiger partial charge in [-0.05, 0) is 128 Å². The van der Waals surface area contributed by atoms with E-state index >= 15 is 0 Å². The number of aromatic carboxylic acids is 2. The van der Waals surface area contributed by atoms with Crippen LogP contribution >= 0.6 is 0 Å². The molecule has 0 spiro atoms. The molecule has 9 aromatic heterocycles. The summed E-state index contributed by atoms with van der Waals surface area (Å²) in [5, 5.41) is 39.6. The number of hydrogen-bond donors (Lipinski definition) is 4. The van der Waals surface area contributed by atoms with Gasteiger partial charge in [-0.2, -0.15) is 26.3 Å². The summed E-state index contributed by atoms with van der Waals surface area (Å²) in [5.41, 5.74) is 9.98. The fraction of sp³-hybridized carbons (Fsp3) is 0.0714. The minimum absolute atomic E-state index is 0. The van der Waals surface area contributed by atoms with Crippen LogP contribution in [-0.2, 0) is 122 Å². The monoisotopic (exact) mass is 2700 g/mol. The van der Waals surface area contributed by atoms with Crippen molar-refractivity contribution in [3.63, 3.8) is 0 Å². The van der Waals surface area contributed by atoms with E-state index < -0.39 is 58.9 Å². The van der Waals surface area contributed by atoms with Crippen molar-refractivity contribution in [3.8, 4) is 90.3 Å². The first kappa shape index (κ1) is 116. The molecule has 0 aliphatic heterocycles. The van der Waals surface area contributed by atoms with Gasteiger partial charge in [0.25, 0.3) is 0 Å². The van der Waals surface area contributed by atoms with Crippen LogP contribution in [0.3, 0.4) is 0 Å². The molecule has 0 aliphatic carbocycles. The van der Waals surface area contributed by atoms with E-state index in [1.807, 2.05) is 121 Å². The van der Waals surface area contributed by atoms with Crippen LogP contribution in [0.5, 0.6) is 0 Å². The zero-order valence-corrected chi connectivity index (χ0v) is 82.0. The zero-order chi connectivity index (χ0) is 92.8. The van der Waals surface area contributed by atoms with E-state index in [0.717, 1.165) is 75.4 Å². The summed E-state index contributed by atoms with van der Waals surface area (Å²) < 4.78 is 126. The molecule has 4 N–H and O–H groups in total. The Bertz CT molecular complexity index is 5960. The Morgan fingerprint density at radius 3 is 1.08 bits per heavy atom. The molecule has 133 heavy (non-hydrogen) atoms. The van der Waals surface area contributed by atoms with Crippen molar-refractivity contribution < 1.29 is 184 Å². The second-order valence-electron chi connectivity index (χ2n) is 25.7. The first-order valence-corrected chi connectivity index (χ1v) is 37.7. The average Bonchev–Trinajstić information content (AvgIpc) is 1.47. The van der Waals surface area contributed by atoms with E-state index in [9.17, 15) is 63.1 Å². The number of carboxylic acids is 2. The number of carbonyl (C=O) groups is 4. The van der Waals surface area contributed by atoms with Gasteiger partial charge in [-0.15, -0.1) is 125 Å². The van der Waals surface area contributed by atoms with E-state index in [-0.39, 0.29) is 158 Å². The SMILES string of the molecule is CC(=O)C=C(C)O.CC(=O)C=C(C)O.Cc1cc(-c2ccccn2)[c-]c(C(F)(F)F)c1.FC(F)(F)c1n[n-]c(-c2ccccn2)n1.Fc1c[c-]c(-c2ccccn2)c(F)c1.Fc1c[c-]c(-c2ccccn2)c(F)c1.O=C(O)c1ccccn1.O=C(O)c1ccccn1.[Ir].[Ir].[Ir].[Ir].[Ir].[c-]1ccccc1-c1ccccn1.[c-]1ccccc1-c1ncc(-c2ccccc2)nc1-c1ccccc1. The van der Waals surface area contributed by atoms with Crippen LogP contribution in [0.15, 0.2) is 346 Å². The van der Waals surface area contributed by atoms with E-state index in [0.29, 0.717) is 28.2 Å². The fourth-order valence-corrected chi connectivity index (χ4v) is 10.1. The number of carboxylic acid groups (broad SMARTS) is 2. The Balaban J connectivity index is 0.000000508. The number of allylic oxidation sites excluding steroid dienone is 4. The first-order valence-electron chi connectivity index (χ1n) is 37.7. The van der Waals surface area contributed by atoms with Gasteiger partial charge in [-0.25, -0.2) is 19.6 Å². The van der Waals surface area contributed by atoms with E-state index in [2.05, 4.69) is 92.5 Å². The number of hydrogen-bond acceptors (Lipinski definition) is 17. The largest absolute Gasteiger partial charge is 0.512 e. The van der Waals surface area contributed by atoms with Crippen LogP contribution in [0, 0.1) is 60.5 Å². The van der Waals surface area contributed by atoms with E-state index in [4.69, 9.17) is 30.4 Å². The number of benzene rings is 7. The maximum atomic E-state index is 13.2. The Labute approximate surface area is 826 Å². The van der Waals surface area contributed by atoms with Crippen molar-refractivity contribution in [2.24, 2.45) is 0 Å². The average molecular weight is 2700 g/mol. The molecule has 5 radical (unpaired) electrons. The molecule has 7 aromatic carbocycles. The molecule has 0 saturated carbocycles. The summed E-state index contributed by atoms with van der Waals surface area (Å²) in [4.78, 5) is 80.3. The number of aliphatic hydroxyl groups excluding tert-OH is 2. The van der Waals surface area contributed by atoms with E-state index in [1.54, 1.807) is 129 Å². The number of ketones is 2. The number of pyridine rings is 7. The summed E-state index contributed by atoms with van der Waals surface area (Å²) in [5.74, 6) is -6.05. The van der Waals surface area contributed by atoms with Crippen molar-refractivity contribution in [2.45, 2.75) is 47.0 Å². The number of halogens is 10. The molecular weight excluding hydrogens is 2620 g/mol. The van der Waals surface area contributed by atoms with Gasteiger partial charge in [-0.3, -0.25) is 42.2 Å². The minimum atomic E-state index is -4.57. The smallest absolute Gasteiger partial charge is 0.429 e. The number of carbonyl (C=O) groups excluding carboxylic acids is 2. The Hall–Kier alpha value is -13.3. The maximum Gasteiger partial charge on any atom is 0.429 e. The van der Waals surface area contributed by atoms with Crippen molar-refractivity contribution in [2.75, 3.05) is 0 Å². The van der Waals surface area contributed by atoms with Gasteiger partial charge in [-0.1, -0.05) is 158 Å². The molecule has 0 fully saturated rings. The molecule has 16 aromatic rings. The third-order valence-corrected chi connectivity index (χ3v) is 15.5. The van der Waals surface area contributed by atoms with Crippen LogP contribution in [0.4, 0.5) is 43.9 Å². The molecule has 0 bridgehead atoms. The first-order chi connectivity index (χ1) is 61.3. The molecular formula is C98H74F10Ir5N12O8-6. The molecule has 0 unspecified atom stereocenters. The number of aromatic nitrogens is 12. The molecule has 0 saturated heterocycles. The second-order valence-corrected chi connectivity index (χ2v) is 25.7. The quantitative estimate of drug-likeness (QED) is 0.0382. The van der Waals surface area contributed by atoms with Crippen molar-refractivity contribution in [1.29, 1.82) is 0 Å². The van der Waals surface area contributed by atoms with Crippen molar-refractivity contribution in [1.82, 2.24) is 60.0 Å². The number of nitrogens with zero attached hydrogens (tertiary/aromatic N) is 12. The summed E-state index contributed by atoms with van der Waals surface area (Å²) in [6.45, 7) is 7.32. The molecule has 0 aliphatic rings. The van der Waals surface area contributed by atoms with Gasteiger partial charge in [0, 0.05) is 197 Å². The fourth-order valence-electron chi connectivity index (χ4n) is 10.1. The van der Waals surface area contributed by atoms with Crippen molar-refractivity contribution in [3.05, 3.63) is 428 Å². The number of alkyl halides is 6. The van der Waals surface area contributed by atoms with Crippen molar-refractivity contribution >= 4 is 23.5 Å². The van der Waals surface area contributed by atoms with Crippen LogP contribution < -0.4 is 5.10 Å². The molecule has 16 rings (SSSR count). The van der Waals surface area contributed by atoms with Crippen LogP contribution in [-0.4, -0.2) is 98.9 Å². The third kappa shape index (κ3) is 42.7. The summed E-state index contributed by atoms with van der Waals surface area (Å²) >= 11 is 0. The zero-order valence-electron chi connectivity index (χ0n) is 70.0. The summed E-state index contributed by atoms with van der Waals surface area (Å²) in [6.07, 6.45) is 5.98. The number of rotatable bonds is 12. The summed E-state index contributed by atoms with van der Waals surface area (Å²) in [7, 11) is 0. The normalized spacial score (nSPS) is 10.1. The molecule has 20 nitrogen and oxygen atoms in total. The third-order valence-electron chi connectivity index (χ3n) is 15.5. The Morgan fingerprint density at radius 1 is 0.368 bits per heavy atom. The molecule has 695 valence electrons. The molecule has 9 heterocycles. The molecule has 35 heteroatoms. The van der Waals surface area contributed by atoms with Gasteiger partial charge in [0.15, 0.2) is 11.6 Å². The van der Waals surface area contributed by atoms with Crippen LogP contribution in [0.2, 0.25) is 0 Å². The minimum Gasteiger partial charge on any atom is -0.512 e. The Morgan fingerprint density at radius 2 is 0.744 bits per heavy atom. The predicted octanol–water partition coefficient (Wildman–Crippen LogP) is 22.5. The summed E-state index contributed by atoms with van der Waals surface area (Å²) in [6, 6.07) is 91.7. The maximum absolute atomic E-state index is 13.2. The van der Waals surface area contributed by atoms with Crippen LogP contribution in [0.1, 0.15) is 65.6 Å². The topological polar surface area (TPSA) is 305 Å². The molecule has 0 amide bonds. The Kier molecular flexibility index (Phi) is 53.4. The van der Waals surface area contributed by atoms with Gasteiger partial charge >= 0.3 is 24.3 Å². The number of aliphatic hydroxyl groups is 2. The van der Waals surface area contributed by atoms with E-state index in [1.165, 1.54) is 76.6 Å². The van der Waals surface area contributed by atoms with Crippen LogP contribution in [0.25, 0.3) is 90.3 Å². The van der Waals surface area contributed by atoms with Gasteiger partial charge < -0.3 is 55.4 Å².